The van der Waals surface area contributed by atoms with E-state index in [4.69, 9.17) is 0 Å². The zero-order chi connectivity index (χ0) is 22.6. The molecule has 1 fully saturated rings. The smallest absolute Gasteiger partial charge is 0.263 e. The molecule has 2 heterocycles. The molecule has 2 aromatic carbocycles. The third-order valence-electron chi connectivity index (χ3n) is 6.21. The van der Waals surface area contributed by atoms with E-state index in [-0.39, 0.29) is 23.3 Å². The number of carbonyl (C=O) groups is 1. The molecule has 0 spiro atoms. The lowest BCUT2D eigenvalue weighted by atomic mass is 10.1. The summed E-state index contributed by atoms with van der Waals surface area (Å²) >= 11 is 1.36. The first-order valence-corrected chi connectivity index (χ1v) is 12.5. The molecular weight excluding hydrogens is 434 g/mol. The number of benzene rings is 2. The van der Waals surface area contributed by atoms with Gasteiger partial charge in [0.05, 0.1) is 23.2 Å². The van der Waals surface area contributed by atoms with E-state index in [0.29, 0.717) is 22.9 Å². The number of fused-ring (bicyclic) bond motifs is 3. The number of rotatable bonds is 6. The molecule has 8 heteroatoms. The fraction of sp³-hybridized carbons (Fsp3) is 0.360. The minimum absolute atomic E-state index is 0.0190. The SMILES string of the molecule is O=C(CSc1nnc2n(Cc3ccccc3)c(=O)c3ccccc3n12)NC1CCCCCC1. The van der Waals surface area contributed by atoms with E-state index in [0.717, 1.165) is 23.9 Å². The Kier molecular flexibility index (Phi) is 6.44. The van der Waals surface area contributed by atoms with Crippen LogP contribution in [0.1, 0.15) is 44.1 Å². The van der Waals surface area contributed by atoms with E-state index in [1.165, 1.54) is 37.4 Å². The van der Waals surface area contributed by atoms with Gasteiger partial charge in [-0.25, -0.2) is 0 Å². The van der Waals surface area contributed by atoms with Crippen LogP contribution in [0.4, 0.5) is 0 Å². The van der Waals surface area contributed by atoms with E-state index in [1.807, 2.05) is 59.0 Å². The molecule has 1 saturated carbocycles. The molecule has 4 aromatic rings. The molecule has 33 heavy (non-hydrogen) atoms. The van der Waals surface area contributed by atoms with Crippen molar-refractivity contribution in [1.82, 2.24) is 24.5 Å². The number of hydrogen-bond acceptors (Lipinski definition) is 5. The molecule has 1 amide bonds. The Bertz CT molecular complexity index is 1320. The number of hydrogen-bond donors (Lipinski definition) is 1. The molecule has 0 bridgehead atoms. The molecule has 0 saturated heterocycles. The van der Waals surface area contributed by atoms with Crippen molar-refractivity contribution in [1.29, 1.82) is 0 Å². The summed E-state index contributed by atoms with van der Waals surface area (Å²) < 4.78 is 3.55. The number of carbonyl (C=O) groups excluding carboxylic acids is 1. The Balaban J connectivity index is 1.45. The number of amides is 1. The highest BCUT2D eigenvalue weighted by Crippen LogP contribution is 2.22. The summed E-state index contributed by atoms with van der Waals surface area (Å²) in [4.78, 5) is 25.9. The fourth-order valence-corrected chi connectivity index (χ4v) is 5.31. The van der Waals surface area contributed by atoms with Crippen molar-refractivity contribution in [2.45, 2.75) is 56.3 Å². The fourth-order valence-electron chi connectivity index (χ4n) is 4.56. The highest BCUT2D eigenvalue weighted by molar-refractivity contribution is 7.99. The van der Waals surface area contributed by atoms with Gasteiger partial charge in [0.15, 0.2) is 5.16 Å². The van der Waals surface area contributed by atoms with Crippen molar-refractivity contribution in [2.75, 3.05) is 5.75 Å². The normalized spacial score (nSPS) is 15.0. The standard InChI is InChI=1S/C25H27N5O2S/c31-22(26-19-12-6-1-2-7-13-19)17-33-25-28-27-24-29(16-18-10-4-3-5-11-18)23(32)20-14-8-9-15-21(20)30(24)25/h3-5,8-11,14-15,19H,1-2,6-7,12-13,16-17H2,(H,26,31). The average molecular weight is 462 g/mol. The van der Waals surface area contributed by atoms with E-state index >= 15 is 0 Å². The zero-order valence-electron chi connectivity index (χ0n) is 18.4. The lowest BCUT2D eigenvalue weighted by Gasteiger charge is -2.16. The third-order valence-corrected chi connectivity index (χ3v) is 7.14. The van der Waals surface area contributed by atoms with Gasteiger partial charge in [-0.3, -0.25) is 18.6 Å². The number of para-hydroxylation sites is 1. The molecule has 5 rings (SSSR count). The summed E-state index contributed by atoms with van der Waals surface area (Å²) in [6.45, 7) is 0.402. The Morgan fingerprint density at radius 3 is 2.48 bits per heavy atom. The van der Waals surface area contributed by atoms with Gasteiger partial charge in [0.2, 0.25) is 11.7 Å². The number of thioether (sulfide) groups is 1. The van der Waals surface area contributed by atoms with Gasteiger partial charge in [-0.15, -0.1) is 10.2 Å². The molecule has 170 valence electrons. The summed E-state index contributed by atoms with van der Waals surface area (Å²) in [5, 5.41) is 13.1. The maximum Gasteiger partial charge on any atom is 0.263 e. The van der Waals surface area contributed by atoms with Gasteiger partial charge in [-0.1, -0.05) is 79.9 Å². The molecule has 7 nitrogen and oxygen atoms in total. The molecule has 0 atom stereocenters. The Morgan fingerprint density at radius 2 is 1.70 bits per heavy atom. The molecule has 1 aliphatic rings. The monoisotopic (exact) mass is 461 g/mol. The third kappa shape index (κ3) is 4.66. The highest BCUT2D eigenvalue weighted by atomic mass is 32.2. The molecule has 0 radical (unpaired) electrons. The van der Waals surface area contributed by atoms with Crippen molar-refractivity contribution < 1.29 is 4.79 Å². The van der Waals surface area contributed by atoms with E-state index in [9.17, 15) is 9.59 Å². The first-order chi connectivity index (χ1) is 16.2. The van der Waals surface area contributed by atoms with Gasteiger partial charge in [-0.2, -0.15) is 0 Å². The van der Waals surface area contributed by atoms with Crippen molar-refractivity contribution in [2.24, 2.45) is 0 Å². The lowest BCUT2D eigenvalue weighted by Crippen LogP contribution is -2.35. The Morgan fingerprint density at radius 1 is 0.970 bits per heavy atom. The van der Waals surface area contributed by atoms with Gasteiger partial charge >= 0.3 is 0 Å². The van der Waals surface area contributed by atoms with Crippen LogP contribution in [0.3, 0.4) is 0 Å². The second kappa shape index (κ2) is 9.79. The first-order valence-electron chi connectivity index (χ1n) is 11.5. The summed E-state index contributed by atoms with van der Waals surface area (Å²) in [6.07, 6.45) is 6.98. The van der Waals surface area contributed by atoms with Crippen LogP contribution in [-0.4, -0.2) is 36.9 Å². The van der Waals surface area contributed by atoms with Gasteiger partial charge in [0.1, 0.15) is 0 Å². The van der Waals surface area contributed by atoms with Gasteiger partial charge in [0, 0.05) is 6.04 Å². The molecule has 1 N–H and O–H groups in total. The van der Waals surface area contributed by atoms with Crippen molar-refractivity contribution in [3.8, 4) is 0 Å². The topological polar surface area (TPSA) is 81.3 Å². The predicted octanol–water partition coefficient (Wildman–Crippen LogP) is 4.02. The summed E-state index contributed by atoms with van der Waals surface area (Å²) in [5.41, 5.74) is 1.66. The Hall–Kier alpha value is -3.13. The lowest BCUT2D eigenvalue weighted by molar-refractivity contribution is -0.119. The van der Waals surface area contributed by atoms with Gasteiger partial charge < -0.3 is 5.32 Å². The summed E-state index contributed by atoms with van der Waals surface area (Å²) in [5.74, 6) is 0.767. The molecule has 0 unspecified atom stereocenters. The van der Waals surface area contributed by atoms with E-state index < -0.39 is 0 Å². The second-order valence-electron chi connectivity index (χ2n) is 8.56. The van der Waals surface area contributed by atoms with Crippen LogP contribution < -0.4 is 10.9 Å². The largest absolute Gasteiger partial charge is 0.353 e. The molecular formula is C25H27N5O2S. The van der Waals surface area contributed by atoms with Crippen LogP contribution in [-0.2, 0) is 11.3 Å². The average Bonchev–Trinajstić information content (AvgIpc) is 3.10. The zero-order valence-corrected chi connectivity index (χ0v) is 19.3. The molecule has 0 aliphatic heterocycles. The van der Waals surface area contributed by atoms with Crippen LogP contribution in [0.2, 0.25) is 0 Å². The minimum atomic E-state index is -0.1000. The number of nitrogens with zero attached hydrogens (tertiary/aromatic N) is 4. The molecule has 1 aliphatic carbocycles. The maximum atomic E-state index is 13.3. The first kappa shape index (κ1) is 21.7. The Labute approximate surface area is 196 Å². The molecule has 2 aromatic heterocycles. The number of aromatic nitrogens is 4. The van der Waals surface area contributed by atoms with E-state index in [2.05, 4.69) is 15.5 Å². The van der Waals surface area contributed by atoms with Crippen molar-refractivity contribution in [3.63, 3.8) is 0 Å². The van der Waals surface area contributed by atoms with Crippen LogP contribution in [0.15, 0.2) is 64.5 Å². The van der Waals surface area contributed by atoms with Crippen molar-refractivity contribution >= 4 is 34.3 Å². The minimum Gasteiger partial charge on any atom is -0.353 e. The van der Waals surface area contributed by atoms with Crippen LogP contribution in [0.5, 0.6) is 0 Å². The second-order valence-corrected chi connectivity index (χ2v) is 9.50. The van der Waals surface area contributed by atoms with Crippen LogP contribution in [0.25, 0.3) is 16.7 Å². The van der Waals surface area contributed by atoms with Crippen LogP contribution in [0, 0.1) is 0 Å². The van der Waals surface area contributed by atoms with Crippen molar-refractivity contribution in [3.05, 3.63) is 70.5 Å². The van der Waals surface area contributed by atoms with Gasteiger partial charge in [-0.05, 0) is 30.5 Å². The van der Waals surface area contributed by atoms with Crippen LogP contribution >= 0.6 is 11.8 Å². The van der Waals surface area contributed by atoms with E-state index in [1.54, 1.807) is 4.57 Å². The summed E-state index contributed by atoms with van der Waals surface area (Å²) in [6, 6.07) is 17.6. The van der Waals surface area contributed by atoms with Gasteiger partial charge in [0.25, 0.3) is 5.56 Å². The highest BCUT2D eigenvalue weighted by Gasteiger charge is 2.19. The quantitative estimate of drug-likeness (QED) is 0.346. The predicted molar refractivity (Wildman–Crippen MR) is 131 cm³/mol. The number of nitrogens with one attached hydrogen (secondary N) is 1. The summed E-state index contributed by atoms with van der Waals surface area (Å²) in [7, 11) is 0. The maximum absolute atomic E-state index is 13.3.